The average molecular weight is 283 g/mol. The van der Waals surface area contributed by atoms with Gasteiger partial charge in [-0.25, -0.2) is 8.42 Å². The van der Waals surface area contributed by atoms with E-state index in [0.29, 0.717) is 18.2 Å². The number of hydrogen-bond donors (Lipinski definition) is 2. The fraction of sp³-hybridized carbons (Fsp3) is 0.462. The lowest BCUT2D eigenvalue weighted by Crippen LogP contribution is -2.31. The molecule has 0 unspecified atom stereocenters. The minimum Gasteiger partial charge on any atom is -0.384 e. The maximum Gasteiger partial charge on any atom is 0.179 e. The van der Waals surface area contributed by atoms with Gasteiger partial charge in [-0.1, -0.05) is 12.1 Å². The first kappa shape index (κ1) is 15.7. The number of nitrogens with zero attached hydrogens (tertiary/aromatic N) is 1. The van der Waals surface area contributed by atoms with Gasteiger partial charge in [-0.05, 0) is 33.0 Å². The maximum absolute atomic E-state index is 12.1. The molecule has 0 saturated carbocycles. The largest absolute Gasteiger partial charge is 0.384 e. The normalized spacial score (nSPS) is 12.1. The maximum atomic E-state index is 12.1. The fourth-order valence-corrected chi connectivity index (χ4v) is 2.80. The molecule has 0 bridgehead atoms. The third kappa shape index (κ3) is 4.33. The molecule has 0 fully saturated rings. The SMILES string of the molecule is CC(C)N(C)CCS(=O)(=O)c1ccc(C(=N)N)cc1. The summed E-state index contributed by atoms with van der Waals surface area (Å²) >= 11 is 0. The van der Waals surface area contributed by atoms with Gasteiger partial charge in [0.05, 0.1) is 10.6 Å². The number of nitrogen functional groups attached to an aromatic ring is 1. The van der Waals surface area contributed by atoms with E-state index in [1.54, 1.807) is 12.1 Å². The molecule has 0 aliphatic carbocycles. The van der Waals surface area contributed by atoms with Gasteiger partial charge in [0.2, 0.25) is 0 Å². The molecule has 0 radical (unpaired) electrons. The molecule has 106 valence electrons. The second-order valence-electron chi connectivity index (χ2n) is 4.83. The van der Waals surface area contributed by atoms with E-state index in [2.05, 4.69) is 0 Å². The van der Waals surface area contributed by atoms with Crippen LogP contribution in [0, 0.1) is 5.41 Å². The molecule has 0 aliphatic heterocycles. The molecule has 0 aromatic heterocycles. The molecule has 1 aromatic rings. The predicted molar refractivity (Wildman–Crippen MR) is 77.3 cm³/mol. The summed E-state index contributed by atoms with van der Waals surface area (Å²) in [5, 5.41) is 7.27. The summed E-state index contributed by atoms with van der Waals surface area (Å²) in [5.41, 5.74) is 5.86. The summed E-state index contributed by atoms with van der Waals surface area (Å²) < 4.78 is 24.3. The van der Waals surface area contributed by atoms with Crippen molar-refractivity contribution in [1.82, 2.24) is 4.90 Å². The van der Waals surface area contributed by atoms with Gasteiger partial charge < -0.3 is 10.6 Å². The molecule has 19 heavy (non-hydrogen) atoms. The van der Waals surface area contributed by atoms with Crippen molar-refractivity contribution in [2.24, 2.45) is 5.73 Å². The van der Waals surface area contributed by atoms with Crippen molar-refractivity contribution in [2.75, 3.05) is 19.3 Å². The van der Waals surface area contributed by atoms with Crippen LogP contribution < -0.4 is 5.73 Å². The Morgan fingerprint density at radius 3 is 2.26 bits per heavy atom. The van der Waals surface area contributed by atoms with Gasteiger partial charge in [-0.2, -0.15) is 0 Å². The summed E-state index contributed by atoms with van der Waals surface area (Å²) in [6, 6.07) is 6.43. The van der Waals surface area contributed by atoms with Gasteiger partial charge in [0.1, 0.15) is 5.84 Å². The van der Waals surface area contributed by atoms with Crippen molar-refractivity contribution in [3.8, 4) is 0 Å². The molecule has 1 rings (SSSR count). The Kier molecular flexibility index (Phi) is 5.08. The molecule has 0 aliphatic rings. The Hall–Kier alpha value is -1.40. The third-order valence-electron chi connectivity index (χ3n) is 3.12. The van der Waals surface area contributed by atoms with Gasteiger partial charge in [-0.3, -0.25) is 5.41 Å². The molecule has 0 saturated heterocycles. The molecule has 0 spiro atoms. The van der Waals surface area contributed by atoms with Crippen LogP contribution >= 0.6 is 0 Å². The van der Waals surface area contributed by atoms with Crippen LogP contribution in [0.15, 0.2) is 29.2 Å². The van der Waals surface area contributed by atoms with Crippen LogP contribution in [-0.2, 0) is 9.84 Å². The van der Waals surface area contributed by atoms with Crippen LogP contribution in [0.4, 0.5) is 0 Å². The highest BCUT2D eigenvalue weighted by molar-refractivity contribution is 7.91. The summed E-state index contributed by atoms with van der Waals surface area (Å²) in [5.74, 6) is 0.0182. The Morgan fingerprint density at radius 2 is 1.84 bits per heavy atom. The second-order valence-corrected chi connectivity index (χ2v) is 6.94. The number of sulfone groups is 1. The number of benzene rings is 1. The van der Waals surface area contributed by atoms with E-state index in [-0.39, 0.29) is 16.5 Å². The Bertz CT molecular complexity index is 536. The molecule has 0 atom stereocenters. The van der Waals surface area contributed by atoms with E-state index in [1.165, 1.54) is 12.1 Å². The topological polar surface area (TPSA) is 87.2 Å². The zero-order valence-corrected chi connectivity index (χ0v) is 12.4. The highest BCUT2D eigenvalue weighted by atomic mass is 32.2. The number of hydrogen-bond acceptors (Lipinski definition) is 4. The highest BCUT2D eigenvalue weighted by Gasteiger charge is 2.16. The van der Waals surface area contributed by atoms with Crippen LogP contribution in [0.5, 0.6) is 0 Å². The molecule has 1 aromatic carbocycles. The first-order valence-electron chi connectivity index (χ1n) is 6.11. The number of nitrogens with one attached hydrogen (secondary N) is 1. The minimum absolute atomic E-state index is 0.0662. The number of amidine groups is 1. The van der Waals surface area contributed by atoms with Gasteiger partial charge >= 0.3 is 0 Å². The van der Waals surface area contributed by atoms with Gasteiger partial charge in [0.15, 0.2) is 9.84 Å². The molecule has 0 heterocycles. The van der Waals surface area contributed by atoms with Crippen LogP contribution in [-0.4, -0.2) is 44.5 Å². The molecular formula is C13H21N3O2S. The first-order valence-corrected chi connectivity index (χ1v) is 7.76. The van der Waals surface area contributed by atoms with Crippen LogP contribution in [0.25, 0.3) is 0 Å². The fourth-order valence-electron chi connectivity index (χ4n) is 1.48. The highest BCUT2D eigenvalue weighted by Crippen LogP contribution is 2.12. The average Bonchev–Trinajstić information content (AvgIpc) is 2.36. The van der Waals surface area contributed by atoms with E-state index in [4.69, 9.17) is 11.1 Å². The van der Waals surface area contributed by atoms with Crippen LogP contribution in [0.1, 0.15) is 19.4 Å². The summed E-state index contributed by atoms with van der Waals surface area (Å²) in [4.78, 5) is 2.26. The van der Waals surface area contributed by atoms with Crippen molar-refractivity contribution >= 4 is 15.7 Å². The van der Waals surface area contributed by atoms with Crippen molar-refractivity contribution in [3.63, 3.8) is 0 Å². The molecule has 0 amide bonds. The van der Waals surface area contributed by atoms with Gasteiger partial charge in [-0.15, -0.1) is 0 Å². The van der Waals surface area contributed by atoms with E-state index in [9.17, 15) is 8.42 Å². The van der Waals surface area contributed by atoms with E-state index in [1.807, 2.05) is 25.8 Å². The van der Waals surface area contributed by atoms with Crippen LogP contribution in [0.2, 0.25) is 0 Å². The summed E-state index contributed by atoms with van der Waals surface area (Å²) in [7, 11) is -1.38. The smallest absolute Gasteiger partial charge is 0.179 e. The van der Waals surface area contributed by atoms with E-state index >= 15 is 0 Å². The lowest BCUT2D eigenvalue weighted by atomic mass is 10.2. The predicted octanol–water partition coefficient (Wildman–Crippen LogP) is 1.08. The standard InChI is InChI=1S/C13H21N3O2S/c1-10(2)16(3)8-9-19(17,18)12-6-4-11(5-7-12)13(14)15/h4-7,10H,8-9H2,1-3H3,(H3,14,15). The van der Waals surface area contributed by atoms with Crippen molar-refractivity contribution < 1.29 is 8.42 Å². The number of rotatable bonds is 6. The zero-order chi connectivity index (χ0) is 14.6. The quantitative estimate of drug-likeness (QED) is 0.604. The lowest BCUT2D eigenvalue weighted by Gasteiger charge is -2.20. The molecule has 5 nitrogen and oxygen atoms in total. The number of nitrogens with two attached hydrogens (primary N) is 1. The van der Waals surface area contributed by atoms with Gasteiger partial charge in [0, 0.05) is 18.2 Å². The van der Waals surface area contributed by atoms with Crippen molar-refractivity contribution in [2.45, 2.75) is 24.8 Å². The summed E-state index contributed by atoms with van der Waals surface area (Å²) in [6.07, 6.45) is 0. The zero-order valence-electron chi connectivity index (χ0n) is 11.6. The molecule has 3 N–H and O–H groups in total. The van der Waals surface area contributed by atoms with E-state index < -0.39 is 9.84 Å². The van der Waals surface area contributed by atoms with E-state index in [0.717, 1.165) is 0 Å². The second kappa shape index (κ2) is 6.16. The Balaban J connectivity index is 2.80. The third-order valence-corrected chi connectivity index (χ3v) is 4.83. The van der Waals surface area contributed by atoms with Crippen molar-refractivity contribution in [1.29, 1.82) is 5.41 Å². The van der Waals surface area contributed by atoms with Crippen molar-refractivity contribution in [3.05, 3.63) is 29.8 Å². The van der Waals surface area contributed by atoms with Gasteiger partial charge in [0.25, 0.3) is 0 Å². The summed E-state index contributed by atoms with van der Waals surface area (Å²) in [6.45, 7) is 4.54. The lowest BCUT2D eigenvalue weighted by molar-refractivity contribution is 0.289. The minimum atomic E-state index is -3.28. The monoisotopic (exact) mass is 283 g/mol. The first-order chi connectivity index (χ1) is 8.74. The Morgan fingerprint density at radius 1 is 1.32 bits per heavy atom. The molecular weight excluding hydrogens is 262 g/mol. The molecule has 6 heteroatoms. The van der Waals surface area contributed by atoms with Crippen LogP contribution in [0.3, 0.4) is 0 Å². The Labute approximate surface area is 114 Å².